The SMILES string of the molecule is CCOC(=O)c1cc([N+](=O)[O-])cnc1/C=C/c1ccc(N(C)C)cc1. The number of pyridine rings is 1. The van der Waals surface area contributed by atoms with Crippen LogP contribution in [0, 0.1) is 10.1 Å². The minimum absolute atomic E-state index is 0.0669. The van der Waals surface area contributed by atoms with Gasteiger partial charge < -0.3 is 9.64 Å². The van der Waals surface area contributed by atoms with E-state index in [9.17, 15) is 14.9 Å². The van der Waals surface area contributed by atoms with Crippen molar-refractivity contribution in [3.8, 4) is 0 Å². The van der Waals surface area contributed by atoms with Gasteiger partial charge in [-0.15, -0.1) is 0 Å². The lowest BCUT2D eigenvalue weighted by Crippen LogP contribution is -2.08. The number of nitro groups is 1. The molecular weight excluding hydrogens is 322 g/mol. The fraction of sp³-hybridized carbons (Fsp3) is 0.222. The first-order valence-corrected chi connectivity index (χ1v) is 7.69. The summed E-state index contributed by atoms with van der Waals surface area (Å²) in [5, 5.41) is 10.9. The Morgan fingerprint density at radius 2 is 1.96 bits per heavy atom. The number of ether oxygens (including phenoxy) is 1. The van der Waals surface area contributed by atoms with Gasteiger partial charge in [-0.25, -0.2) is 9.78 Å². The minimum Gasteiger partial charge on any atom is -0.462 e. The molecule has 0 amide bonds. The summed E-state index contributed by atoms with van der Waals surface area (Å²) in [6.45, 7) is 1.85. The summed E-state index contributed by atoms with van der Waals surface area (Å²) in [4.78, 5) is 28.4. The van der Waals surface area contributed by atoms with E-state index in [1.54, 1.807) is 19.1 Å². The van der Waals surface area contributed by atoms with Crippen LogP contribution in [-0.4, -0.2) is 36.6 Å². The van der Waals surface area contributed by atoms with Crippen molar-refractivity contribution in [3.63, 3.8) is 0 Å². The molecule has 0 atom stereocenters. The summed E-state index contributed by atoms with van der Waals surface area (Å²) in [6.07, 6.45) is 4.55. The van der Waals surface area contributed by atoms with Crippen molar-refractivity contribution in [2.24, 2.45) is 0 Å². The van der Waals surface area contributed by atoms with Gasteiger partial charge in [-0.05, 0) is 30.7 Å². The molecule has 130 valence electrons. The van der Waals surface area contributed by atoms with E-state index in [1.807, 2.05) is 43.3 Å². The maximum Gasteiger partial charge on any atom is 0.340 e. The van der Waals surface area contributed by atoms with Gasteiger partial charge in [-0.3, -0.25) is 10.1 Å². The van der Waals surface area contributed by atoms with E-state index in [0.29, 0.717) is 5.69 Å². The summed E-state index contributed by atoms with van der Waals surface area (Å²) in [5.74, 6) is -0.638. The minimum atomic E-state index is -0.638. The third-order valence-electron chi connectivity index (χ3n) is 3.45. The highest BCUT2D eigenvalue weighted by molar-refractivity contribution is 5.94. The van der Waals surface area contributed by atoms with Crippen molar-refractivity contribution in [3.05, 3.63) is 63.5 Å². The van der Waals surface area contributed by atoms with Crippen LogP contribution in [0.4, 0.5) is 11.4 Å². The Bertz CT molecular complexity index is 798. The molecule has 0 radical (unpaired) electrons. The van der Waals surface area contributed by atoms with Gasteiger partial charge in [0, 0.05) is 25.8 Å². The predicted molar refractivity (Wildman–Crippen MR) is 96.5 cm³/mol. The van der Waals surface area contributed by atoms with Gasteiger partial charge in [-0.1, -0.05) is 18.2 Å². The summed E-state index contributed by atoms with van der Waals surface area (Å²) < 4.78 is 4.96. The highest BCUT2D eigenvalue weighted by Crippen LogP contribution is 2.19. The molecule has 1 aromatic carbocycles. The van der Waals surface area contributed by atoms with Gasteiger partial charge in [-0.2, -0.15) is 0 Å². The number of anilines is 1. The summed E-state index contributed by atoms with van der Waals surface area (Å²) >= 11 is 0. The molecular formula is C18H19N3O4. The van der Waals surface area contributed by atoms with Crippen molar-refractivity contribution in [2.75, 3.05) is 25.6 Å². The molecule has 0 saturated heterocycles. The molecule has 7 nitrogen and oxygen atoms in total. The number of carbonyl (C=O) groups excluding carboxylic acids is 1. The lowest BCUT2D eigenvalue weighted by molar-refractivity contribution is -0.385. The summed E-state index contributed by atoms with van der Waals surface area (Å²) in [5.41, 5.74) is 2.12. The number of esters is 1. The summed E-state index contributed by atoms with van der Waals surface area (Å²) in [6, 6.07) is 8.98. The zero-order valence-corrected chi connectivity index (χ0v) is 14.3. The van der Waals surface area contributed by atoms with Crippen molar-refractivity contribution in [1.29, 1.82) is 0 Å². The van der Waals surface area contributed by atoms with Crippen LogP contribution < -0.4 is 4.90 Å². The predicted octanol–water partition coefficient (Wildman–Crippen LogP) is 3.40. The van der Waals surface area contributed by atoms with Gasteiger partial charge in [0.25, 0.3) is 5.69 Å². The lowest BCUT2D eigenvalue weighted by atomic mass is 10.1. The number of benzene rings is 1. The number of hydrogen-bond donors (Lipinski definition) is 0. The van der Waals surface area contributed by atoms with Crippen LogP contribution in [0.15, 0.2) is 36.5 Å². The number of rotatable bonds is 6. The van der Waals surface area contributed by atoms with Crippen LogP contribution in [0.5, 0.6) is 0 Å². The van der Waals surface area contributed by atoms with E-state index >= 15 is 0 Å². The number of hydrogen-bond acceptors (Lipinski definition) is 6. The van der Waals surface area contributed by atoms with Crippen molar-refractivity contribution in [1.82, 2.24) is 4.98 Å². The molecule has 1 aromatic heterocycles. The van der Waals surface area contributed by atoms with Crippen molar-refractivity contribution >= 4 is 29.5 Å². The third-order valence-corrected chi connectivity index (χ3v) is 3.45. The Morgan fingerprint density at radius 1 is 1.28 bits per heavy atom. The monoisotopic (exact) mass is 341 g/mol. The van der Waals surface area contributed by atoms with E-state index in [1.165, 1.54) is 6.07 Å². The molecule has 0 bridgehead atoms. The van der Waals surface area contributed by atoms with Crippen LogP contribution in [0.3, 0.4) is 0 Å². The number of carbonyl (C=O) groups is 1. The molecule has 0 aliphatic rings. The van der Waals surface area contributed by atoms with Crippen LogP contribution in [-0.2, 0) is 4.74 Å². The highest BCUT2D eigenvalue weighted by atomic mass is 16.6. The topological polar surface area (TPSA) is 85.6 Å². The second-order valence-electron chi connectivity index (χ2n) is 5.42. The Morgan fingerprint density at radius 3 is 2.52 bits per heavy atom. The second kappa shape index (κ2) is 8.05. The van der Waals surface area contributed by atoms with Crippen LogP contribution >= 0.6 is 0 Å². The van der Waals surface area contributed by atoms with Gasteiger partial charge in [0.05, 0.1) is 22.8 Å². The molecule has 0 N–H and O–H groups in total. The van der Waals surface area contributed by atoms with E-state index in [2.05, 4.69) is 4.98 Å². The zero-order valence-electron chi connectivity index (χ0n) is 14.3. The summed E-state index contributed by atoms with van der Waals surface area (Å²) in [7, 11) is 3.91. The third kappa shape index (κ3) is 4.63. The van der Waals surface area contributed by atoms with E-state index < -0.39 is 10.9 Å². The molecule has 7 heteroatoms. The van der Waals surface area contributed by atoms with Gasteiger partial charge in [0.2, 0.25) is 0 Å². The molecule has 0 aliphatic heterocycles. The van der Waals surface area contributed by atoms with Crippen LogP contribution in [0.25, 0.3) is 12.2 Å². The average molecular weight is 341 g/mol. The number of nitrogens with zero attached hydrogens (tertiary/aromatic N) is 3. The van der Waals surface area contributed by atoms with Crippen molar-refractivity contribution in [2.45, 2.75) is 6.92 Å². The molecule has 2 rings (SSSR count). The van der Waals surface area contributed by atoms with Crippen LogP contribution in [0.1, 0.15) is 28.5 Å². The Hall–Kier alpha value is -3.22. The molecule has 0 saturated carbocycles. The van der Waals surface area contributed by atoms with Gasteiger partial charge >= 0.3 is 5.97 Å². The van der Waals surface area contributed by atoms with Crippen molar-refractivity contribution < 1.29 is 14.5 Å². The first-order valence-electron chi connectivity index (χ1n) is 7.69. The fourth-order valence-corrected chi connectivity index (χ4v) is 2.13. The van der Waals surface area contributed by atoms with E-state index in [-0.39, 0.29) is 17.9 Å². The van der Waals surface area contributed by atoms with E-state index in [4.69, 9.17) is 4.74 Å². The maximum absolute atomic E-state index is 12.0. The fourth-order valence-electron chi connectivity index (χ4n) is 2.13. The molecule has 0 spiro atoms. The Labute approximate surface area is 145 Å². The van der Waals surface area contributed by atoms with Gasteiger partial charge in [0.15, 0.2) is 0 Å². The molecule has 2 aromatic rings. The van der Waals surface area contributed by atoms with Gasteiger partial charge in [0.1, 0.15) is 6.20 Å². The quantitative estimate of drug-likeness (QED) is 0.455. The second-order valence-corrected chi connectivity index (χ2v) is 5.42. The maximum atomic E-state index is 12.0. The molecule has 0 fully saturated rings. The Kier molecular flexibility index (Phi) is 5.84. The smallest absolute Gasteiger partial charge is 0.340 e. The average Bonchev–Trinajstić information content (AvgIpc) is 2.60. The van der Waals surface area contributed by atoms with E-state index in [0.717, 1.165) is 17.4 Å². The Balaban J connectivity index is 2.33. The first kappa shape index (κ1) is 18.1. The molecule has 0 unspecified atom stereocenters. The molecule has 0 aliphatic carbocycles. The standard InChI is InChI=1S/C18H19N3O4/c1-4-25-18(22)16-11-15(21(23)24)12-19-17(16)10-7-13-5-8-14(9-6-13)20(2)3/h5-12H,4H2,1-3H3/b10-7+. The van der Waals surface area contributed by atoms with Crippen LogP contribution in [0.2, 0.25) is 0 Å². The zero-order chi connectivity index (χ0) is 18.4. The highest BCUT2D eigenvalue weighted by Gasteiger charge is 2.17. The largest absolute Gasteiger partial charge is 0.462 e. The normalized spacial score (nSPS) is 10.7. The molecule has 1 heterocycles. The number of aromatic nitrogens is 1. The lowest BCUT2D eigenvalue weighted by Gasteiger charge is -2.11. The first-order chi connectivity index (χ1) is 11.9. The molecule has 25 heavy (non-hydrogen) atoms.